The summed E-state index contributed by atoms with van der Waals surface area (Å²) < 4.78 is 12.2. The molecule has 136 valence electrons. The van der Waals surface area contributed by atoms with Crippen molar-refractivity contribution >= 4 is 17.0 Å². The average Bonchev–Trinajstić information content (AvgIpc) is 3.32. The molecule has 27 heavy (non-hydrogen) atoms. The first-order chi connectivity index (χ1) is 13.2. The second-order valence-corrected chi connectivity index (χ2v) is 6.01. The second-order valence-electron chi connectivity index (χ2n) is 6.01. The van der Waals surface area contributed by atoms with Gasteiger partial charge in [-0.15, -0.1) is 5.10 Å². The summed E-state index contributed by atoms with van der Waals surface area (Å²) in [6.45, 7) is 4.56. The second kappa shape index (κ2) is 6.99. The van der Waals surface area contributed by atoms with E-state index in [1.165, 1.54) is 0 Å². The number of nitrogens with zero attached hydrogens (tertiary/aromatic N) is 5. The summed E-state index contributed by atoms with van der Waals surface area (Å²) in [5.74, 6) is 0.218. The van der Waals surface area contributed by atoms with Gasteiger partial charge < -0.3 is 9.26 Å². The Morgan fingerprint density at radius 1 is 1.22 bits per heavy atom. The number of fused-ring (bicyclic) bond motifs is 1. The Morgan fingerprint density at radius 2 is 2.07 bits per heavy atom. The molecule has 8 heteroatoms. The topological polar surface area (TPSA) is 95.9 Å². The molecule has 2 heterocycles. The number of benzene rings is 2. The van der Waals surface area contributed by atoms with Crippen molar-refractivity contribution in [3.8, 4) is 11.4 Å². The van der Waals surface area contributed by atoms with Gasteiger partial charge in [-0.1, -0.05) is 34.6 Å². The molecule has 2 aromatic carbocycles. The van der Waals surface area contributed by atoms with E-state index in [-0.39, 0.29) is 12.5 Å². The Bertz CT molecular complexity index is 1120. The van der Waals surface area contributed by atoms with E-state index < -0.39 is 5.97 Å². The van der Waals surface area contributed by atoms with E-state index in [2.05, 4.69) is 20.5 Å². The lowest BCUT2D eigenvalue weighted by atomic mass is 10.1. The van der Waals surface area contributed by atoms with Gasteiger partial charge in [-0.25, -0.2) is 9.48 Å². The highest BCUT2D eigenvalue weighted by Gasteiger charge is 2.15. The third-order valence-corrected chi connectivity index (χ3v) is 4.23. The molecule has 0 fully saturated rings. The molecule has 0 spiro atoms. The Hall–Kier alpha value is -3.55. The Balaban J connectivity index is 1.46. The highest BCUT2D eigenvalue weighted by molar-refractivity contribution is 5.93. The van der Waals surface area contributed by atoms with Crippen molar-refractivity contribution in [1.82, 2.24) is 25.1 Å². The summed E-state index contributed by atoms with van der Waals surface area (Å²) >= 11 is 0. The highest BCUT2D eigenvalue weighted by atomic mass is 16.6. The van der Waals surface area contributed by atoms with Crippen LogP contribution in [0.5, 0.6) is 0 Å². The largest absolute Gasteiger partial charge is 0.452 e. The lowest BCUT2D eigenvalue weighted by Crippen LogP contribution is -2.05. The van der Waals surface area contributed by atoms with E-state index >= 15 is 0 Å². The predicted molar refractivity (Wildman–Crippen MR) is 96.8 cm³/mol. The zero-order valence-corrected chi connectivity index (χ0v) is 14.9. The van der Waals surface area contributed by atoms with Crippen molar-refractivity contribution in [2.24, 2.45) is 0 Å². The summed E-state index contributed by atoms with van der Waals surface area (Å²) in [6.07, 6.45) is 0. The van der Waals surface area contributed by atoms with Gasteiger partial charge in [0.05, 0.1) is 11.1 Å². The molecule has 0 atom stereocenters. The van der Waals surface area contributed by atoms with Gasteiger partial charge in [0.2, 0.25) is 5.82 Å². The van der Waals surface area contributed by atoms with Crippen LogP contribution in [-0.4, -0.2) is 31.1 Å². The number of aryl methyl sites for hydroxylation is 2. The van der Waals surface area contributed by atoms with Crippen LogP contribution in [0.25, 0.3) is 22.4 Å². The first-order valence-corrected chi connectivity index (χ1v) is 8.54. The molecule has 0 amide bonds. The fourth-order valence-electron chi connectivity index (χ4n) is 2.79. The van der Waals surface area contributed by atoms with Gasteiger partial charge in [0, 0.05) is 12.1 Å². The first-order valence-electron chi connectivity index (χ1n) is 8.54. The third kappa shape index (κ3) is 3.29. The van der Waals surface area contributed by atoms with E-state index in [1.807, 2.05) is 38.1 Å². The Labute approximate surface area is 154 Å². The third-order valence-electron chi connectivity index (χ3n) is 4.23. The number of hydrogen-bond acceptors (Lipinski definition) is 7. The van der Waals surface area contributed by atoms with E-state index in [0.717, 1.165) is 16.6 Å². The molecular weight excluding hydrogens is 346 g/mol. The van der Waals surface area contributed by atoms with Gasteiger partial charge in [-0.05, 0) is 37.6 Å². The predicted octanol–water partition coefficient (Wildman–Crippen LogP) is 3.17. The molecule has 0 aliphatic carbocycles. The maximum atomic E-state index is 12.3. The molecule has 0 saturated carbocycles. The fourth-order valence-corrected chi connectivity index (χ4v) is 2.79. The van der Waals surface area contributed by atoms with Gasteiger partial charge in [0.15, 0.2) is 6.61 Å². The van der Waals surface area contributed by atoms with Crippen LogP contribution < -0.4 is 0 Å². The normalized spacial score (nSPS) is 11.0. The minimum absolute atomic E-state index is 0.0998. The van der Waals surface area contributed by atoms with Gasteiger partial charge in [-0.2, -0.15) is 4.98 Å². The van der Waals surface area contributed by atoms with Crippen LogP contribution in [0.15, 0.2) is 47.0 Å². The number of carbonyl (C=O) groups excluding carboxylic acids is 1. The molecule has 0 unspecified atom stereocenters. The standard InChI is InChI=1S/C19H17N5O3/c1-3-24-16-9-8-13(10-15(16)21-23-24)19(25)26-11-17-20-18(22-27-17)14-7-5-4-6-12(14)2/h4-10H,3,11H2,1-2H3. The summed E-state index contributed by atoms with van der Waals surface area (Å²) in [5.41, 5.74) is 3.82. The number of ether oxygens (including phenoxy) is 1. The fraction of sp³-hybridized carbons (Fsp3) is 0.211. The van der Waals surface area contributed by atoms with Crippen LogP contribution in [0.3, 0.4) is 0 Å². The summed E-state index contributed by atoms with van der Waals surface area (Å²) in [7, 11) is 0. The summed E-state index contributed by atoms with van der Waals surface area (Å²) in [4.78, 5) is 16.6. The lowest BCUT2D eigenvalue weighted by molar-refractivity contribution is 0.0430. The monoisotopic (exact) mass is 363 g/mol. The van der Waals surface area contributed by atoms with Crippen LogP contribution in [0, 0.1) is 6.92 Å². The molecule has 0 N–H and O–H groups in total. The van der Waals surface area contributed by atoms with Gasteiger partial charge >= 0.3 is 5.97 Å². The maximum Gasteiger partial charge on any atom is 0.338 e. The number of esters is 1. The number of carbonyl (C=O) groups is 1. The quantitative estimate of drug-likeness (QED) is 0.502. The Kier molecular flexibility index (Phi) is 4.37. The van der Waals surface area contributed by atoms with Crippen molar-refractivity contribution < 1.29 is 14.1 Å². The lowest BCUT2D eigenvalue weighted by Gasteiger charge is -2.02. The smallest absolute Gasteiger partial charge is 0.338 e. The molecule has 0 aliphatic rings. The van der Waals surface area contributed by atoms with Crippen molar-refractivity contribution in [2.45, 2.75) is 27.0 Å². The minimum Gasteiger partial charge on any atom is -0.452 e. The van der Waals surface area contributed by atoms with Crippen LogP contribution in [0.1, 0.15) is 28.7 Å². The van der Waals surface area contributed by atoms with Crippen LogP contribution in [0.4, 0.5) is 0 Å². The maximum absolute atomic E-state index is 12.3. The van der Waals surface area contributed by atoms with Gasteiger partial charge in [0.1, 0.15) is 5.52 Å². The van der Waals surface area contributed by atoms with Crippen LogP contribution in [0.2, 0.25) is 0 Å². The minimum atomic E-state index is -0.487. The number of rotatable bonds is 5. The van der Waals surface area contributed by atoms with Gasteiger partial charge in [-0.3, -0.25) is 0 Å². The molecule has 0 radical (unpaired) electrons. The van der Waals surface area contributed by atoms with Gasteiger partial charge in [0.25, 0.3) is 5.89 Å². The highest BCUT2D eigenvalue weighted by Crippen LogP contribution is 2.20. The molecule has 0 saturated heterocycles. The molecule has 4 rings (SSSR count). The molecular formula is C19H17N5O3. The van der Waals surface area contributed by atoms with E-state index in [1.54, 1.807) is 22.9 Å². The average molecular weight is 363 g/mol. The van der Waals surface area contributed by atoms with E-state index in [0.29, 0.717) is 23.4 Å². The van der Waals surface area contributed by atoms with Crippen LogP contribution >= 0.6 is 0 Å². The van der Waals surface area contributed by atoms with Crippen molar-refractivity contribution in [1.29, 1.82) is 0 Å². The first kappa shape index (κ1) is 16.9. The SMILES string of the molecule is CCn1nnc2cc(C(=O)OCc3nc(-c4ccccc4C)no3)ccc21. The molecule has 0 bridgehead atoms. The van der Waals surface area contributed by atoms with E-state index in [4.69, 9.17) is 9.26 Å². The Morgan fingerprint density at radius 3 is 2.89 bits per heavy atom. The summed E-state index contributed by atoms with van der Waals surface area (Å²) in [5, 5.41) is 12.0. The van der Waals surface area contributed by atoms with Crippen LogP contribution in [-0.2, 0) is 17.9 Å². The zero-order chi connectivity index (χ0) is 18.8. The number of aromatic nitrogens is 5. The molecule has 8 nitrogen and oxygen atoms in total. The van der Waals surface area contributed by atoms with Crippen molar-refractivity contribution in [3.63, 3.8) is 0 Å². The molecule has 2 aromatic heterocycles. The van der Waals surface area contributed by atoms with Crippen molar-refractivity contribution in [2.75, 3.05) is 0 Å². The molecule has 4 aromatic rings. The van der Waals surface area contributed by atoms with Crippen molar-refractivity contribution in [3.05, 3.63) is 59.5 Å². The molecule has 0 aliphatic heterocycles. The van der Waals surface area contributed by atoms with E-state index in [9.17, 15) is 4.79 Å². The number of hydrogen-bond donors (Lipinski definition) is 0. The summed E-state index contributed by atoms with van der Waals surface area (Å²) in [6, 6.07) is 12.9. The zero-order valence-electron chi connectivity index (χ0n) is 14.9.